The lowest BCUT2D eigenvalue weighted by Crippen LogP contribution is -1.96. The van der Waals surface area contributed by atoms with Crippen molar-refractivity contribution in [3.05, 3.63) is 4.91 Å². The molecular formula is C17H35NO. The van der Waals surface area contributed by atoms with Gasteiger partial charge in [-0.1, -0.05) is 90.2 Å². The normalized spacial score (nSPS) is 12.8. The Bertz CT molecular complexity index is 192. The van der Waals surface area contributed by atoms with Crippen LogP contribution >= 0.6 is 0 Å². The van der Waals surface area contributed by atoms with E-state index in [1.165, 1.54) is 64.2 Å². The van der Waals surface area contributed by atoms with Crippen molar-refractivity contribution < 1.29 is 0 Å². The Kier molecular flexibility index (Phi) is 13.7. The monoisotopic (exact) mass is 269 g/mol. The topological polar surface area (TPSA) is 29.4 Å². The van der Waals surface area contributed by atoms with Crippen molar-refractivity contribution >= 4 is 0 Å². The number of nitrogens with zero attached hydrogens (tertiary/aromatic N) is 1. The van der Waals surface area contributed by atoms with Crippen LogP contribution in [0.1, 0.15) is 91.4 Å². The third-order valence-corrected chi connectivity index (χ3v) is 3.94. The largest absolute Gasteiger partial charge is 0.151 e. The fourth-order valence-electron chi connectivity index (χ4n) is 2.52. The molecular weight excluding hydrogens is 234 g/mol. The van der Waals surface area contributed by atoms with E-state index in [1.807, 2.05) is 0 Å². The van der Waals surface area contributed by atoms with E-state index < -0.39 is 0 Å². The van der Waals surface area contributed by atoms with E-state index in [1.54, 1.807) is 0 Å². The van der Waals surface area contributed by atoms with E-state index in [2.05, 4.69) is 25.9 Å². The molecule has 0 saturated carbocycles. The lowest BCUT2D eigenvalue weighted by atomic mass is 9.98. The van der Waals surface area contributed by atoms with E-state index in [-0.39, 0.29) is 0 Å². The van der Waals surface area contributed by atoms with Crippen molar-refractivity contribution in [1.29, 1.82) is 0 Å². The molecule has 0 aliphatic carbocycles. The lowest BCUT2D eigenvalue weighted by molar-refractivity contribution is 0.457. The molecule has 0 N–H and O–H groups in total. The number of hydrogen-bond acceptors (Lipinski definition) is 2. The first kappa shape index (κ1) is 18.6. The maximum absolute atomic E-state index is 10.0. The summed E-state index contributed by atoms with van der Waals surface area (Å²) in [7, 11) is 0. The number of unbranched alkanes of at least 4 members (excludes halogenated alkanes) is 7. The molecule has 0 aromatic rings. The van der Waals surface area contributed by atoms with Gasteiger partial charge in [-0.05, 0) is 18.3 Å². The van der Waals surface area contributed by atoms with Crippen LogP contribution in [0.25, 0.3) is 0 Å². The highest BCUT2D eigenvalue weighted by molar-refractivity contribution is 4.56. The lowest BCUT2D eigenvalue weighted by Gasteiger charge is -2.08. The summed E-state index contributed by atoms with van der Waals surface area (Å²) in [5.74, 6) is 1.55. The summed E-state index contributed by atoms with van der Waals surface area (Å²) >= 11 is 0. The van der Waals surface area contributed by atoms with E-state index in [4.69, 9.17) is 0 Å². The highest BCUT2D eigenvalue weighted by Crippen LogP contribution is 2.16. The molecule has 19 heavy (non-hydrogen) atoms. The van der Waals surface area contributed by atoms with Crippen molar-refractivity contribution in [2.75, 3.05) is 6.54 Å². The zero-order valence-electron chi connectivity index (χ0n) is 13.5. The smallest absolute Gasteiger partial charge is 0.0813 e. The van der Waals surface area contributed by atoms with Gasteiger partial charge in [-0.15, -0.1) is 0 Å². The van der Waals surface area contributed by atoms with E-state index in [0.29, 0.717) is 12.5 Å². The summed E-state index contributed by atoms with van der Waals surface area (Å²) in [4.78, 5) is 10.0. The van der Waals surface area contributed by atoms with Crippen molar-refractivity contribution in [2.45, 2.75) is 91.4 Å². The summed E-state index contributed by atoms with van der Waals surface area (Å²) < 4.78 is 0. The number of rotatable bonds is 14. The summed E-state index contributed by atoms with van der Waals surface area (Å²) in [6.45, 7) is 7.36. The summed E-state index contributed by atoms with van der Waals surface area (Å²) in [6, 6.07) is 0. The first-order valence-corrected chi connectivity index (χ1v) is 8.46. The third-order valence-electron chi connectivity index (χ3n) is 3.94. The maximum atomic E-state index is 10.0. The standard InChI is InChI=1S/C17H35NO/c1-16(2)12-10-8-6-4-5-7-9-11-13-17(3)14-15-18-19/h16-17H,4-15H2,1-3H3. The predicted molar refractivity (Wildman–Crippen MR) is 85.5 cm³/mol. The Balaban J connectivity index is 3.08. The van der Waals surface area contributed by atoms with Crippen molar-refractivity contribution in [2.24, 2.45) is 17.0 Å². The van der Waals surface area contributed by atoms with Crippen LogP contribution in [0.3, 0.4) is 0 Å². The minimum absolute atomic E-state index is 0.498. The first-order chi connectivity index (χ1) is 9.16. The van der Waals surface area contributed by atoms with E-state index in [0.717, 1.165) is 12.3 Å². The molecule has 0 aliphatic heterocycles. The molecule has 0 aromatic heterocycles. The van der Waals surface area contributed by atoms with Gasteiger partial charge < -0.3 is 0 Å². The molecule has 0 bridgehead atoms. The summed E-state index contributed by atoms with van der Waals surface area (Å²) in [6.07, 6.45) is 14.8. The van der Waals surface area contributed by atoms with Crippen molar-refractivity contribution in [3.8, 4) is 0 Å². The molecule has 0 rings (SSSR count). The second-order valence-electron chi connectivity index (χ2n) is 6.55. The maximum Gasteiger partial charge on any atom is 0.0813 e. The minimum Gasteiger partial charge on any atom is -0.151 e. The fraction of sp³-hybridized carbons (Fsp3) is 1.00. The van der Waals surface area contributed by atoms with Crippen LogP contribution in [0.2, 0.25) is 0 Å². The van der Waals surface area contributed by atoms with Gasteiger partial charge in [0.05, 0.1) is 6.54 Å². The molecule has 0 aliphatic rings. The van der Waals surface area contributed by atoms with Crippen LogP contribution in [0.15, 0.2) is 5.18 Å². The van der Waals surface area contributed by atoms with Gasteiger partial charge in [0.25, 0.3) is 0 Å². The molecule has 1 unspecified atom stereocenters. The van der Waals surface area contributed by atoms with Crippen molar-refractivity contribution in [1.82, 2.24) is 0 Å². The Hall–Kier alpha value is -0.400. The van der Waals surface area contributed by atoms with Crippen molar-refractivity contribution in [3.63, 3.8) is 0 Å². The van der Waals surface area contributed by atoms with Gasteiger partial charge >= 0.3 is 0 Å². The Morgan fingerprint density at radius 3 is 1.63 bits per heavy atom. The molecule has 0 spiro atoms. The minimum atomic E-state index is 0.498. The molecule has 0 saturated heterocycles. The van der Waals surface area contributed by atoms with Crippen LogP contribution in [-0.4, -0.2) is 6.54 Å². The second kappa shape index (κ2) is 14.0. The third kappa shape index (κ3) is 15.5. The quantitative estimate of drug-likeness (QED) is 0.267. The van der Waals surface area contributed by atoms with Crippen LogP contribution < -0.4 is 0 Å². The van der Waals surface area contributed by atoms with Gasteiger partial charge in [-0.25, -0.2) is 0 Å². The Morgan fingerprint density at radius 1 is 0.684 bits per heavy atom. The molecule has 114 valence electrons. The Labute approximate surface area is 120 Å². The van der Waals surface area contributed by atoms with Crippen LogP contribution in [0.4, 0.5) is 0 Å². The molecule has 2 nitrogen and oxygen atoms in total. The van der Waals surface area contributed by atoms with Gasteiger partial charge in [-0.3, -0.25) is 0 Å². The predicted octanol–water partition coefficient (Wildman–Crippen LogP) is 6.34. The van der Waals surface area contributed by atoms with E-state index >= 15 is 0 Å². The number of nitroso groups, excluding NO2 is 1. The van der Waals surface area contributed by atoms with Crippen LogP contribution in [-0.2, 0) is 0 Å². The van der Waals surface area contributed by atoms with Gasteiger partial charge in [0.1, 0.15) is 0 Å². The second-order valence-corrected chi connectivity index (χ2v) is 6.55. The molecule has 0 fully saturated rings. The Morgan fingerprint density at radius 2 is 1.16 bits per heavy atom. The molecule has 0 amide bonds. The van der Waals surface area contributed by atoms with Crippen LogP contribution in [0, 0.1) is 16.7 Å². The van der Waals surface area contributed by atoms with Crippen LogP contribution in [0.5, 0.6) is 0 Å². The van der Waals surface area contributed by atoms with Gasteiger partial charge in [0.2, 0.25) is 0 Å². The first-order valence-electron chi connectivity index (χ1n) is 8.46. The zero-order chi connectivity index (χ0) is 14.3. The van der Waals surface area contributed by atoms with Gasteiger partial charge in [0.15, 0.2) is 0 Å². The average molecular weight is 269 g/mol. The molecule has 0 aromatic carbocycles. The molecule has 1 atom stereocenters. The summed E-state index contributed by atoms with van der Waals surface area (Å²) in [5.41, 5.74) is 0. The zero-order valence-corrected chi connectivity index (χ0v) is 13.5. The fourth-order valence-corrected chi connectivity index (χ4v) is 2.52. The highest BCUT2D eigenvalue weighted by atomic mass is 16.3. The SMILES string of the molecule is CC(C)CCCCCCCCCCC(C)CCN=O. The highest BCUT2D eigenvalue weighted by Gasteiger charge is 2.01. The van der Waals surface area contributed by atoms with E-state index in [9.17, 15) is 4.91 Å². The average Bonchev–Trinajstić information content (AvgIpc) is 2.38. The van der Waals surface area contributed by atoms with Gasteiger partial charge in [-0.2, -0.15) is 4.91 Å². The molecule has 2 heteroatoms. The molecule has 0 heterocycles. The summed E-state index contributed by atoms with van der Waals surface area (Å²) in [5, 5.41) is 2.93. The van der Waals surface area contributed by atoms with Gasteiger partial charge in [0, 0.05) is 0 Å². The molecule has 0 radical (unpaired) electrons. The number of hydrogen-bond donors (Lipinski definition) is 0.